The van der Waals surface area contributed by atoms with Gasteiger partial charge in [0.15, 0.2) is 28.8 Å². The average Bonchev–Trinajstić information content (AvgIpc) is 3.52. The van der Waals surface area contributed by atoms with Gasteiger partial charge in [0.25, 0.3) is 5.89 Å². The first-order chi connectivity index (χ1) is 14.7. The van der Waals surface area contributed by atoms with Crippen LogP contribution in [0.3, 0.4) is 0 Å². The molecule has 1 aromatic heterocycles. The van der Waals surface area contributed by atoms with Gasteiger partial charge in [0.05, 0.1) is 0 Å². The minimum atomic E-state index is -0.155. The fourth-order valence-electron chi connectivity index (χ4n) is 3.88. The predicted octanol–water partition coefficient (Wildman–Crippen LogP) is 2.76. The lowest BCUT2D eigenvalue weighted by Crippen LogP contribution is -2.25. The molecule has 1 saturated heterocycles. The molecule has 9 nitrogen and oxygen atoms in total. The normalized spacial score (nSPS) is 19.4. The van der Waals surface area contributed by atoms with E-state index in [2.05, 4.69) is 10.1 Å². The lowest BCUT2D eigenvalue weighted by atomic mass is 10.1. The van der Waals surface area contributed by atoms with E-state index in [1.807, 2.05) is 30.3 Å². The fraction of sp³-hybridized carbons (Fsp3) is 0.286. The molecule has 0 aliphatic carbocycles. The Hall–Kier alpha value is -3.75. The standard InChI is InChI=1S/C21H17N3O6/c25-19-8-13(10-24(19)14-2-4-15-18(9-14)27-6-5-26-15)20-22-21(30-23-20)12-1-3-16-17(7-12)29-11-28-16/h1-4,7,9,13H,5-6,8,10-11H2. The number of nitrogens with zero attached hydrogens (tertiary/aromatic N) is 3. The minimum Gasteiger partial charge on any atom is -0.486 e. The number of fused-ring (bicyclic) bond motifs is 2. The number of anilines is 1. The average molecular weight is 407 g/mol. The number of rotatable bonds is 3. The van der Waals surface area contributed by atoms with Gasteiger partial charge < -0.3 is 28.4 Å². The van der Waals surface area contributed by atoms with Crippen LogP contribution in [0.15, 0.2) is 40.9 Å². The molecule has 0 spiro atoms. The van der Waals surface area contributed by atoms with Crippen molar-refractivity contribution in [2.75, 3.05) is 31.5 Å². The third-order valence-electron chi connectivity index (χ3n) is 5.39. The molecular formula is C21H17N3O6. The lowest BCUT2D eigenvalue weighted by Gasteiger charge is -2.22. The van der Waals surface area contributed by atoms with Crippen molar-refractivity contribution < 1.29 is 28.3 Å². The SMILES string of the molecule is O=C1CC(c2noc(-c3ccc4c(c3)OCO4)n2)CN1c1ccc2c(c1)OCCO2. The topological polar surface area (TPSA) is 96.2 Å². The van der Waals surface area contributed by atoms with E-state index in [9.17, 15) is 4.79 Å². The number of carbonyl (C=O) groups is 1. The Labute approximate surface area is 171 Å². The van der Waals surface area contributed by atoms with Crippen molar-refractivity contribution >= 4 is 11.6 Å². The van der Waals surface area contributed by atoms with Crippen LogP contribution in [0.4, 0.5) is 5.69 Å². The summed E-state index contributed by atoms with van der Waals surface area (Å²) in [5, 5.41) is 4.12. The second kappa shape index (κ2) is 6.65. The Kier molecular flexibility index (Phi) is 3.80. The van der Waals surface area contributed by atoms with Crippen LogP contribution in [0.1, 0.15) is 18.2 Å². The van der Waals surface area contributed by atoms with Gasteiger partial charge in [0.1, 0.15) is 13.2 Å². The second-order valence-electron chi connectivity index (χ2n) is 7.26. The lowest BCUT2D eigenvalue weighted by molar-refractivity contribution is -0.117. The number of carbonyl (C=O) groups excluding carboxylic acids is 1. The summed E-state index contributed by atoms with van der Waals surface area (Å²) in [6.45, 7) is 1.70. The highest BCUT2D eigenvalue weighted by Gasteiger charge is 2.35. The first-order valence-corrected chi connectivity index (χ1v) is 9.68. The predicted molar refractivity (Wildman–Crippen MR) is 103 cm³/mol. The molecule has 1 atom stereocenters. The van der Waals surface area contributed by atoms with Crippen LogP contribution in [0.2, 0.25) is 0 Å². The van der Waals surface area contributed by atoms with E-state index < -0.39 is 0 Å². The molecule has 4 heterocycles. The van der Waals surface area contributed by atoms with Crippen LogP contribution in [0.5, 0.6) is 23.0 Å². The molecule has 152 valence electrons. The number of ether oxygens (including phenoxy) is 4. The van der Waals surface area contributed by atoms with E-state index in [4.69, 9.17) is 23.5 Å². The Balaban J connectivity index is 1.23. The molecule has 30 heavy (non-hydrogen) atoms. The van der Waals surface area contributed by atoms with Crippen LogP contribution in [-0.4, -0.2) is 42.6 Å². The summed E-state index contributed by atoms with van der Waals surface area (Å²) in [6, 6.07) is 11.0. The number of benzene rings is 2. The maximum absolute atomic E-state index is 12.7. The first-order valence-electron chi connectivity index (χ1n) is 9.68. The highest BCUT2D eigenvalue weighted by atomic mass is 16.7. The Morgan fingerprint density at radius 3 is 2.60 bits per heavy atom. The van der Waals surface area contributed by atoms with Crippen molar-refractivity contribution in [1.29, 1.82) is 0 Å². The van der Waals surface area contributed by atoms with Crippen LogP contribution < -0.4 is 23.8 Å². The molecule has 0 radical (unpaired) electrons. The molecule has 1 amide bonds. The van der Waals surface area contributed by atoms with E-state index >= 15 is 0 Å². The highest BCUT2D eigenvalue weighted by Crippen LogP contribution is 2.38. The monoisotopic (exact) mass is 407 g/mol. The molecule has 9 heteroatoms. The summed E-state index contributed by atoms with van der Waals surface area (Å²) < 4.78 is 27.4. The van der Waals surface area contributed by atoms with Crippen molar-refractivity contribution in [3.8, 4) is 34.5 Å². The van der Waals surface area contributed by atoms with Gasteiger partial charge in [-0.1, -0.05) is 5.16 Å². The van der Waals surface area contributed by atoms with Gasteiger partial charge >= 0.3 is 0 Å². The van der Waals surface area contributed by atoms with Gasteiger partial charge in [-0.15, -0.1) is 0 Å². The van der Waals surface area contributed by atoms with Crippen molar-refractivity contribution in [3.05, 3.63) is 42.2 Å². The number of aromatic nitrogens is 2. The fourth-order valence-corrected chi connectivity index (χ4v) is 3.88. The third kappa shape index (κ3) is 2.81. The Morgan fingerprint density at radius 1 is 0.900 bits per heavy atom. The molecule has 3 aliphatic heterocycles. The molecular weight excluding hydrogens is 390 g/mol. The van der Waals surface area contributed by atoms with Gasteiger partial charge in [-0.2, -0.15) is 4.98 Å². The van der Waals surface area contributed by atoms with E-state index in [-0.39, 0.29) is 18.6 Å². The number of hydrogen-bond acceptors (Lipinski definition) is 8. The minimum absolute atomic E-state index is 0.00565. The molecule has 2 aromatic carbocycles. The first kappa shape index (κ1) is 17.1. The zero-order valence-corrected chi connectivity index (χ0v) is 15.9. The van der Waals surface area contributed by atoms with Crippen LogP contribution in [0, 0.1) is 0 Å². The third-order valence-corrected chi connectivity index (χ3v) is 5.39. The van der Waals surface area contributed by atoms with E-state index in [0.29, 0.717) is 60.9 Å². The van der Waals surface area contributed by atoms with Gasteiger partial charge in [-0.25, -0.2) is 0 Å². The smallest absolute Gasteiger partial charge is 0.258 e. The zero-order chi connectivity index (χ0) is 20.1. The second-order valence-corrected chi connectivity index (χ2v) is 7.26. The quantitative estimate of drug-likeness (QED) is 0.654. The van der Waals surface area contributed by atoms with Crippen LogP contribution in [0.25, 0.3) is 11.5 Å². The van der Waals surface area contributed by atoms with Crippen LogP contribution in [-0.2, 0) is 4.79 Å². The summed E-state index contributed by atoms with van der Waals surface area (Å²) in [7, 11) is 0. The van der Waals surface area contributed by atoms with Crippen molar-refractivity contribution in [3.63, 3.8) is 0 Å². The molecule has 6 rings (SSSR count). The molecule has 0 N–H and O–H groups in total. The Morgan fingerprint density at radius 2 is 1.67 bits per heavy atom. The van der Waals surface area contributed by atoms with Gasteiger partial charge in [-0.05, 0) is 30.3 Å². The van der Waals surface area contributed by atoms with E-state index in [1.165, 1.54) is 0 Å². The molecule has 0 bridgehead atoms. The van der Waals surface area contributed by atoms with E-state index in [1.54, 1.807) is 11.0 Å². The molecule has 1 unspecified atom stereocenters. The maximum atomic E-state index is 12.7. The largest absolute Gasteiger partial charge is 0.486 e. The van der Waals surface area contributed by atoms with Gasteiger partial charge in [0.2, 0.25) is 12.7 Å². The van der Waals surface area contributed by atoms with Crippen molar-refractivity contribution in [1.82, 2.24) is 10.1 Å². The molecule has 0 saturated carbocycles. The highest BCUT2D eigenvalue weighted by molar-refractivity contribution is 5.96. The van der Waals surface area contributed by atoms with Crippen molar-refractivity contribution in [2.24, 2.45) is 0 Å². The summed E-state index contributed by atoms with van der Waals surface area (Å²) in [5.41, 5.74) is 1.51. The van der Waals surface area contributed by atoms with Crippen LogP contribution >= 0.6 is 0 Å². The summed E-state index contributed by atoms with van der Waals surface area (Å²) in [6.07, 6.45) is 0.314. The molecule has 3 aromatic rings. The van der Waals surface area contributed by atoms with Crippen molar-refractivity contribution in [2.45, 2.75) is 12.3 Å². The molecule has 1 fully saturated rings. The zero-order valence-electron chi connectivity index (χ0n) is 15.9. The maximum Gasteiger partial charge on any atom is 0.258 e. The van der Waals surface area contributed by atoms with E-state index in [0.717, 1.165) is 11.3 Å². The summed E-state index contributed by atoms with van der Waals surface area (Å²) >= 11 is 0. The summed E-state index contributed by atoms with van der Waals surface area (Å²) in [4.78, 5) is 18.9. The Bertz CT molecular complexity index is 1140. The number of amides is 1. The van der Waals surface area contributed by atoms with Gasteiger partial charge in [0, 0.05) is 36.2 Å². The van der Waals surface area contributed by atoms with Gasteiger partial charge in [-0.3, -0.25) is 4.79 Å². The molecule has 3 aliphatic rings. The summed E-state index contributed by atoms with van der Waals surface area (Å²) in [5.74, 6) is 3.43. The number of hydrogen-bond donors (Lipinski definition) is 0.